The summed E-state index contributed by atoms with van der Waals surface area (Å²) in [6, 6.07) is 18.1. The number of esters is 1. The smallest absolute Gasteiger partial charge is 0.343 e. The summed E-state index contributed by atoms with van der Waals surface area (Å²) in [5.41, 5.74) is 3.09. The first-order chi connectivity index (χ1) is 12.1. The summed E-state index contributed by atoms with van der Waals surface area (Å²) in [5.74, 6) is 0.0992. The van der Waals surface area contributed by atoms with Crippen molar-refractivity contribution >= 4 is 17.3 Å². The van der Waals surface area contributed by atoms with Crippen LogP contribution in [0.2, 0.25) is 0 Å². The van der Waals surface area contributed by atoms with E-state index in [-0.39, 0.29) is 0 Å². The van der Waals surface area contributed by atoms with Gasteiger partial charge in [-0.15, -0.1) is 0 Å². The average molecular weight is 332 g/mol. The van der Waals surface area contributed by atoms with Gasteiger partial charge in [0, 0.05) is 12.1 Å². The van der Waals surface area contributed by atoms with Gasteiger partial charge in [-0.2, -0.15) is 10.2 Å². The minimum absolute atomic E-state index is 0.407. The molecule has 0 spiro atoms. The van der Waals surface area contributed by atoms with Gasteiger partial charge in [-0.05, 0) is 43.3 Å². The van der Waals surface area contributed by atoms with Crippen molar-refractivity contribution in [3.05, 3.63) is 84.2 Å². The third-order valence-electron chi connectivity index (χ3n) is 3.58. The van der Waals surface area contributed by atoms with E-state index in [4.69, 9.17) is 4.74 Å². The van der Waals surface area contributed by atoms with E-state index in [9.17, 15) is 4.79 Å². The number of ether oxygens (including phenoxy) is 1. The molecule has 124 valence electrons. The Balaban J connectivity index is 1.66. The minimum Gasteiger partial charge on any atom is -0.422 e. The lowest BCUT2D eigenvalue weighted by molar-refractivity contribution is -0.671. The van der Waals surface area contributed by atoms with Crippen molar-refractivity contribution in [2.45, 2.75) is 6.92 Å². The van der Waals surface area contributed by atoms with Crippen molar-refractivity contribution in [2.75, 3.05) is 0 Å². The van der Waals surface area contributed by atoms with Gasteiger partial charge in [0.2, 0.25) is 0 Å². The Morgan fingerprint density at radius 2 is 1.36 bits per heavy atom. The van der Waals surface area contributed by atoms with E-state index in [2.05, 4.69) is 10.2 Å². The number of carbonyl (C=O) groups excluding carboxylic acids is 1. The van der Waals surface area contributed by atoms with Crippen LogP contribution in [0, 0.1) is 6.92 Å². The zero-order valence-corrected chi connectivity index (χ0v) is 14.1. The Morgan fingerprint density at radius 3 is 1.92 bits per heavy atom. The molecule has 5 heteroatoms. The lowest BCUT2D eigenvalue weighted by atomic mass is 10.2. The Hall–Kier alpha value is -3.34. The molecule has 0 amide bonds. The van der Waals surface area contributed by atoms with Crippen LogP contribution in [0.1, 0.15) is 15.9 Å². The van der Waals surface area contributed by atoms with Gasteiger partial charge in [-0.3, -0.25) is 0 Å². The highest BCUT2D eigenvalue weighted by Crippen LogP contribution is 2.19. The maximum absolute atomic E-state index is 12.1. The van der Waals surface area contributed by atoms with Gasteiger partial charge in [-0.25, -0.2) is 9.36 Å². The van der Waals surface area contributed by atoms with E-state index in [1.807, 2.05) is 55.2 Å². The van der Waals surface area contributed by atoms with E-state index in [0.717, 1.165) is 5.69 Å². The quantitative estimate of drug-likeness (QED) is 0.402. The van der Waals surface area contributed by atoms with Crippen molar-refractivity contribution in [1.82, 2.24) is 0 Å². The van der Waals surface area contributed by atoms with E-state index < -0.39 is 5.97 Å². The number of hydrogen-bond donors (Lipinski definition) is 0. The fourth-order valence-electron chi connectivity index (χ4n) is 2.11. The molecule has 5 nitrogen and oxygen atoms in total. The molecule has 0 aliphatic carbocycles. The van der Waals surface area contributed by atoms with Crippen LogP contribution in [0.25, 0.3) is 0 Å². The Labute approximate surface area is 146 Å². The summed E-state index contributed by atoms with van der Waals surface area (Å²) in [6.07, 6.45) is 3.63. The zero-order chi connectivity index (χ0) is 17.6. The van der Waals surface area contributed by atoms with Crippen LogP contribution in [0.15, 0.2) is 83.3 Å². The van der Waals surface area contributed by atoms with Gasteiger partial charge in [-0.1, -0.05) is 17.7 Å². The molecule has 0 saturated carbocycles. The van der Waals surface area contributed by atoms with Gasteiger partial charge < -0.3 is 4.74 Å². The summed E-state index contributed by atoms with van der Waals surface area (Å²) in [7, 11) is 1.90. The van der Waals surface area contributed by atoms with Gasteiger partial charge >= 0.3 is 5.97 Å². The van der Waals surface area contributed by atoms with Crippen LogP contribution >= 0.6 is 0 Å². The van der Waals surface area contributed by atoms with E-state index in [1.165, 1.54) is 5.56 Å². The first kappa shape index (κ1) is 16.5. The fraction of sp³-hybridized carbons (Fsp3) is 0.100. The highest BCUT2D eigenvalue weighted by atomic mass is 16.5. The van der Waals surface area contributed by atoms with Crippen molar-refractivity contribution in [3.63, 3.8) is 0 Å². The first-order valence-electron chi connectivity index (χ1n) is 7.86. The number of aryl methyl sites for hydroxylation is 2. The van der Waals surface area contributed by atoms with Gasteiger partial charge in [0.15, 0.2) is 12.4 Å². The number of hydrogen-bond acceptors (Lipinski definition) is 4. The second-order valence-electron chi connectivity index (χ2n) is 5.67. The molecule has 0 aliphatic rings. The molecule has 0 saturated heterocycles. The predicted octanol–water partition coefficient (Wildman–Crippen LogP) is 4.45. The normalized spacial score (nSPS) is 10.8. The maximum atomic E-state index is 12.1. The topological polar surface area (TPSA) is 54.9 Å². The SMILES string of the molecule is Cc1ccc(N=Nc2ccc(C(=O)Oc3cc[n+](C)cc3)cc2)cc1. The third-order valence-corrected chi connectivity index (χ3v) is 3.58. The number of benzene rings is 2. The minimum atomic E-state index is -0.407. The molecule has 3 aromatic rings. The van der Waals surface area contributed by atoms with E-state index >= 15 is 0 Å². The van der Waals surface area contributed by atoms with Gasteiger partial charge in [0.05, 0.1) is 16.9 Å². The molecule has 0 fully saturated rings. The molecule has 25 heavy (non-hydrogen) atoms. The molecule has 1 aromatic heterocycles. The molecule has 0 unspecified atom stereocenters. The molecule has 0 atom stereocenters. The highest BCUT2D eigenvalue weighted by molar-refractivity contribution is 5.91. The lowest BCUT2D eigenvalue weighted by Gasteiger charge is -2.03. The summed E-state index contributed by atoms with van der Waals surface area (Å²) in [5, 5.41) is 8.35. The predicted molar refractivity (Wildman–Crippen MR) is 94.4 cm³/mol. The molecule has 2 aromatic carbocycles. The standard InChI is InChI=1S/C20H18N3O2/c1-15-3-7-17(8-4-15)21-22-18-9-5-16(6-10-18)20(24)25-19-11-13-23(2)14-12-19/h3-14H,1-2H3/q+1. The van der Waals surface area contributed by atoms with Crippen LogP contribution in [0.3, 0.4) is 0 Å². The second-order valence-corrected chi connectivity index (χ2v) is 5.67. The first-order valence-corrected chi connectivity index (χ1v) is 7.86. The number of azo groups is 1. The van der Waals surface area contributed by atoms with Crippen LogP contribution in [-0.2, 0) is 7.05 Å². The number of aromatic nitrogens is 1. The van der Waals surface area contributed by atoms with Gasteiger partial charge in [0.1, 0.15) is 12.8 Å². The molecule has 3 rings (SSSR count). The molecular weight excluding hydrogens is 314 g/mol. The van der Waals surface area contributed by atoms with Crippen LogP contribution in [0.5, 0.6) is 5.75 Å². The molecule has 0 aliphatic heterocycles. The molecule has 1 heterocycles. The second kappa shape index (κ2) is 7.49. The van der Waals surface area contributed by atoms with Crippen molar-refractivity contribution < 1.29 is 14.1 Å². The molecule has 0 radical (unpaired) electrons. The Bertz CT molecular complexity index is 884. The van der Waals surface area contributed by atoms with Crippen LogP contribution < -0.4 is 9.30 Å². The number of rotatable bonds is 4. The summed E-state index contributed by atoms with van der Waals surface area (Å²) in [6.45, 7) is 2.02. The molecular formula is C20H18N3O2+. The van der Waals surface area contributed by atoms with E-state index in [0.29, 0.717) is 17.0 Å². The Morgan fingerprint density at radius 1 is 0.840 bits per heavy atom. The van der Waals surface area contributed by atoms with Gasteiger partial charge in [0.25, 0.3) is 0 Å². The fourth-order valence-corrected chi connectivity index (χ4v) is 2.11. The monoisotopic (exact) mass is 332 g/mol. The number of pyridine rings is 1. The Kier molecular flexibility index (Phi) is 4.95. The highest BCUT2D eigenvalue weighted by Gasteiger charge is 2.09. The third kappa shape index (κ3) is 4.57. The molecule has 0 bridgehead atoms. The lowest BCUT2D eigenvalue weighted by Crippen LogP contribution is -2.25. The number of nitrogens with zero attached hydrogens (tertiary/aromatic N) is 3. The molecule has 0 N–H and O–H groups in total. The maximum Gasteiger partial charge on any atom is 0.343 e. The van der Waals surface area contributed by atoms with Crippen molar-refractivity contribution in [2.24, 2.45) is 17.3 Å². The van der Waals surface area contributed by atoms with Crippen LogP contribution in [-0.4, -0.2) is 5.97 Å². The van der Waals surface area contributed by atoms with Crippen molar-refractivity contribution in [1.29, 1.82) is 0 Å². The number of carbonyl (C=O) groups is 1. The summed E-state index contributed by atoms with van der Waals surface area (Å²) in [4.78, 5) is 12.1. The van der Waals surface area contributed by atoms with Crippen molar-refractivity contribution in [3.8, 4) is 5.75 Å². The van der Waals surface area contributed by atoms with E-state index in [1.54, 1.807) is 36.4 Å². The summed E-state index contributed by atoms with van der Waals surface area (Å²) >= 11 is 0. The zero-order valence-electron chi connectivity index (χ0n) is 14.1. The summed E-state index contributed by atoms with van der Waals surface area (Å²) < 4.78 is 7.20. The average Bonchev–Trinajstić information content (AvgIpc) is 2.63. The largest absolute Gasteiger partial charge is 0.422 e. The van der Waals surface area contributed by atoms with Crippen LogP contribution in [0.4, 0.5) is 11.4 Å².